The second-order valence-corrected chi connectivity index (χ2v) is 8.11. The highest BCUT2D eigenvalue weighted by atomic mass is 79.9. The summed E-state index contributed by atoms with van der Waals surface area (Å²) < 4.78 is 12.1. The molecule has 1 heterocycles. The van der Waals surface area contributed by atoms with Crippen molar-refractivity contribution in [2.24, 2.45) is 0 Å². The van der Waals surface area contributed by atoms with Gasteiger partial charge in [-0.05, 0) is 48.4 Å². The Morgan fingerprint density at radius 3 is 2.32 bits per heavy atom. The lowest BCUT2D eigenvalue weighted by molar-refractivity contribution is 0.239. The van der Waals surface area contributed by atoms with E-state index >= 15 is 0 Å². The standard InChI is InChI=1S/C22H30BrN3O2/c1-25(2)17-8-6-16(7-9-17)22(26-12-5-10-24-11-13-26)18-14-20(27-3)21(28-4)15-19(18)23/h6-9,14-15,22,24H,5,10-13H2,1-4H3. The van der Waals surface area contributed by atoms with Gasteiger partial charge in [-0.2, -0.15) is 0 Å². The zero-order valence-electron chi connectivity index (χ0n) is 17.2. The van der Waals surface area contributed by atoms with Crippen molar-refractivity contribution in [3.05, 3.63) is 52.0 Å². The third-order valence-electron chi connectivity index (χ3n) is 5.26. The molecule has 1 atom stereocenters. The summed E-state index contributed by atoms with van der Waals surface area (Å²) in [4.78, 5) is 4.68. The van der Waals surface area contributed by atoms with Crippen molar-refractivity contribution in [3.8, 4) is 11.5 Å². The summed E-state index contributed by atoms with van der Waals surface area (Å²) in [7, 11) is 7.49. The molecule has 0 radical (unpaired) electrons. The molecule has 0 spiro atoms. The molecule has 6 heteroatoms. The van der Waals surface area contributed by atoms with Crippen LogP contribution in [-0.4, -0.2) is 59.4 Å². The minimum atomic E-state index is 0.144. The van der Waals surface area contributed by atoms with E-state index in [1.807, 2.05) is 6.07 Å². The molecule has 0 aromatic heterocycles. The number of methoxy groups -OCH3 is 2. The minimum absolute atomic E-state index is 0.144. The van der Waals surface area contributed by atoms with Gasteiger partial charge in [0, 0.05) is 43.9 Å². The summed E-state index contributed by atoms with van der Waals surface area (Å²) >= 11 is 3.79. The zero-order chi connectivity index (χ0) is 20.1. The molecule has 0 saturated carbocycles. The maximum absolute atomic E-state index is 5.60. The first-order valence-corrected chi connectivity index (χ1v) is 10.5. The largest absolute Gasteiger partial charge is 0.493 e. The van der Waals surface area contributed by atoms with Crippen molar-refractivity contribution in [2.75, 3.05) is 59.4 Å². The van der Waals surface area contributed by atoms with Gasteiger partial charge in [-0.1, -0.05) is 28.1 Å². The fraction of sp³-hybridized carbons (Fsp3) is 0.455. The third-order valence-corrected chi connectivity index (χ3v) is 5.95. The molecular weight excluding hydrogens is 418 g/mol. The molecule has 1 aliphatic heterocycles. The van der Waals surface area contributed by atoms with Gasteiger partial charge in [0.1, 0.15) is 0 Å². The first kappa shape index (κ1) is 21.0. The topological polar surface area (TPSA) is 37.0 Å². The van der Waals surface area contributed by atoms with Gasteiger partial charge in [0.25, 0.3) is 0 Å². The van der Waals surface area contributed by atoms with Crippen LogP contribution in [0.4, 0.5) is 5.69 Å². The molecule has 5 nitrogen and oxygen atoms in total. The number of hydrogen-bond acceptors (Lipinski definition) is 5. The summed E-state index contributed by atoms with van der Waals surface area (Å²) in [6.07, 6.45) is 1.14. The molecule has 28 heavy (non-hydrogen) atoms. The van der Waals surface area contributed by atoms with Crippen LogP contribution in [0.1, 0.15) is 23.6 Å². The first-order chi connectivity index (χ1) is 13.5. The van der Waals surface area contributed by atoms with E-state index in [-0.39, 0.29) is 6.04 Å². The number of ether oxygens (including phenoxy) is 2. The first-order valence-electron chi connectivity index (χ1n) is 9.68. The third kappa shape index (κ3) is 4.62. The Bertz CT molecular complexity index is 772. The lowest BCUT2D eigenvalue weighted by atomic mass is 9.96. The average molecular weight is 448 g/mol. The van der Waals surface area contributed by atoms with Crippen LogP contribution in [-0.2, 0) is 0 Å². The van der Waals surface area contributed by atoms with Crippen molar-refractivity contribution in [3.63, 3.8) is 0 Å². The van der Waals surface area contributed by atoms with Gasteiger partial charge in [0.2, 0.25) is 0 Å². The molecular formula is C22H30BrN3O2. The summed E-state index contributed by atoms with van der Waals surface area (Å²) in [6, 6.07) is 13.1. The van der Waals surface area contributed by atoms with Gasteiger partial charge in [-0.25, -0.2) is 0 Å². The van der Waals surface area contributed by atoms with Crippen LogP contribution in [0.3, 0.4) is 0 Å². The second-order valence-electron chi connectivity index (χ2n) is 7.26. The number of anilines is 1. The smallest absolute Gasteiger partial charge is 0.161 e. The van der Waals surface area contributed by atoms with Gasteiger partial charge >= 0.3 is 0 Å². The number of benzene rings is 2. The highest BCUT2D eigenvalue weighted by Crippen LogP contribution is 2.40. The van der Waals surface area contributed by atoms with Crippen molar-refractivity contribution < 1.29 is 9.47 Å². The van der Waals surface area contributed by atoms with Crippen LogP contribution in [0.5, 0.6) is 11.5 Å². The van der Waals surface area contributed by atoms with E-state index < -0.39 is 0 Å². The van der Waals surface area contributed by atoms with E-state index in [4.69, 9.17) is 9.47 Å². The van der Waals surface area contributed by atoms with Crippen molar-refractivity contribution in [2.45, 2.75) is 12.5 Å². The minimum Gasteiger partial charge on any atom is -0.493 e. The van der Waals surface area contributed by atoms with E-state index in [0.29, 0.717) is 0 Å². The maximum atomic E-state index is 5.60. The molecule has 0 amide bonds. The molecule has 152 valence electrons. The van der Waals surface area contributed by atoms with E-state index in [9.17, 15) is 0 Å². The van der Waals surface area contributed by atoms with Crippen LogP contribution < -0.4 is 19.7 Å². The van der Waals surface area contributed by atoms with E-state index in [0.717, 1.165) is 48.6 Å². The lowest BCUT2D eigenvalue weighted by Crippen LogP contribution is -2.33. The maximum Gasteiger partial charge on any atom is 0.161 e. The predicted molar refractivity (Wildman–Crippen MR) is 119 cm³/mol. The fourth-order valence-electron chi connectivity index (χ4n) is 3.75. The Morgan fingerprint density at radius 2 is 1.68 bits per heavy atom. The Balaban J connectivity index is 2.08. The Labute approximate surface area is 176 Å². The second kappa shape index (κ2) is 9.63. The molecule has 1 aliphatic rings. The number of nitrogens with zero attached hydrogens (tertiary/aromatic N) is 2. The normalized spacial score (nSPS) is 16.3. The van der Waals surface area contributed by atoms with Gasteiger partial charge in [-0.3, -0.25) is 4.90 Å². The van der Waals surface area contributed by atoms with Gasteiger partial charge in [0.05, 0.1) is 20.3 Å². The van der Waals surface area contributed by atoms with Crippen molar-refractivity contribution >= 4 is 21.6 Å². The molecule has 2 aromatic rings. The molecule has 2 aromatic carbocycles. The van der Waals surface area contributed by atoms with Crippen LogP contribution in [0, 0.1) is 0 Å². The number of halogens is 1. The van der Waals surface area contributed by atoms with Gasteiger partial charge in [0.15, 0.2) is 11.5 Å². The Kier molecular flexibility index (Phi) is 7.21. The molecule has 1 saturated heterocycles. The molecule has 1 N–H and O–H groups in total. The van der Waals surface area contributed by atoms with Crippen LogP contribution in [0.25, 0.3) is 0 Å². The summed E-state index contributed by atoms with van der Waals surface area (Å²) in [5.74, 6) is 1.49. The zero-order valence-corrected chi connectivity index (χ0v) is 18.8. The Morgan fingerprint density at radius 1 is 1.00 bits per heavy atom. The summed E-state index contributed by atoms with van der Waals surface area (Å²) in [5, 5.41) is 3.51. The molecule has 1 fully saturated rings. The highest BCUT2D eigenvalue weighted by Gasteiger charge is 2.26. The van der Waals surface area contributed by atoms with Crippen LogP contribution in [0.2, 0.25) is 0 Å². The SMILES string of the molecule is COc1cc(Br)c(C(c2ccc(N(C)C)cc2)N2CCCNCC2)cc1OC. The quantitative estimate of drug-likeness (QED) is 0.725. The molecule has 1 unspecified atom stereocenters. The van der Waals surface area contributed by atoms with E-state index in [1.165, 1.54) is 16.8 Å². The number of nitrogens with one attached hydrogen (secondary N) is 1. The molecule has 3 rings (SSSR count). The monoisotopic (exact) mass is 447 g/mol. The van der Waals surface area contributed by atoms with E-state index in [2.05, 4.69) is 75.5 Å². The van der Waals surface area contributed by atoms with Crippen molar-refractivity contribution in [1.29, 1.82) is 0 Å². The summed E-state index contributed by atoms with van der Waals surface area (Å²) in [5.41, 5.74) is 3.67. The molecule has 0 bridgehead atoms. The average Bonchev–Trinajstić information content (AvgIpc) is 2.99. The molecule has 0 aliphatic carbocycles. The van der Waals surface area contributed by atoms with Crippen LogP contribution in [0.15, 0.2) is 40.9 Å². The highest BCUT2D eigenvalue weighted by molar-refractivity contribution is 9.10. The fourth-order valence-corrected chi connectivity index (χ4v) is 4.29. The number of hydrogen-bond donors (Lipinski definition) is 1. The summed E-state index contributed by atoms with van der Waals surface area (Å²) in [6.45, 7) is 4.11. The van der Waals surface area contributed by atoms with Crippen LogP contribution >= 0.6 is 15.9 Å². The lowest BCUT2D eigenvalue weighted by Gasteiger charge is -2.32. The van der Waals surface area contributed by atoms with Crippen molar-refractivity contribution in [1.82, 2.24) is 10.2 Å². The number of rotatable bonds is 6. The predicted octanol–water partition coefficient (Wildman–Crippen LogP) is 3.92. The van der Waals surface area contributed by atoms with Gasteiger partial charge < -0.3 is 19.7 Å². The van der Waals surface area contributed by atoms with E-state index in [1.54, 1.807) is 14.2 Å². The Hall–Kier alpha value is -1.76. The van der Waals surface area contributed by atoms with Gasteiger partial charge in [-0.15, -0.1) is 0 Å².